The van der Waals surface area contributed by atoms with E-state index in [4.69, 9.17) is 9.47 Å². The van der Waals surface area contributed by atoms with Crippen molar-refractivity contribution in [3.8, 4) is 0 Å². The second-order valence-electron chi connectivity index (χ2n) is 10.5. The summed E-state index contributed by atoms with van der Waals surface area (Å²) in [6.07, 6.45) is -2.54. The molecule has 1 unspecified atom stereocenters. The highest BCUT2D eigenvalue weighted by Crippen LogP contribution is 2.45. The summed E-state index contributed by atoms with van der Waals surface area (Å²) in [6.45, 7) is 6.76. The summed E-state index contributed by atoms with van der Waals surface area (Å²) in [5.41, 5.74) is -1.31. The van der Waals surface area contributed by atoms with Crippen molar-refractivity contribution in [1.29, 1.82) is 0 Å². The molecule has 2 heterocycles. The van der Waals surface area contributed by atoms with Gasteiger partial charge >= 0.3 is 12.3 Å². The minimum absolute atomic E-state index is 0.0223. The Hall–Kier alpha value is -2.14. The zero-order valence-corrected chi connectivity index (χ0v) is 22.2. The molecule has 198 valence electrons. The van der Waals surface area contributed by atoms with Crippen molar-refractivity contribution in [2.24, 2.45) is 16.8 Å². The van der Waals surface area contributed by atoms with E-state index in [0.29, 0.717) is 32.0 Å². The van der Waals surface area contributed by atoms with Gasteiger partial charge in [0, 0.05) is 35.7 Å². The zero-order valence-electron chi connectivity index (χ0n) is 20.7. The van der Waals surface area contributed by atoms with E-state index in [1.54, 1.807) is 25.7 Å². The molecule has 0 radical (unpaired) electrons. The second kappa shape index (κ2) is 10.3. The third-order valence-electron chi connectivity index (χ3n) is 6.77. The number of carbonyl (C=O) groups is 2. The molecule has 1 saturated carbocycles. The standard InChI is InChI=1S/C25H31BrF3N3O4/c1-24(2,3)36-23(34)30-20-14-32(13-18(20)15-5-4-6-15)21-17(22(33)31-7-9-35-10-8-31)11-16(26)12-19(21)25(27,28)29/h11-12,15,18H,4-10,13-14H2,1-3H3/b30-20+. The molecule has 1 atom stereocenters. The number of benzene rings is 1. The summed E-state index contributed by atoms with van der Waals surface area (Å²) in [5, 5.41) is 0. The van der Waals surface area contributed by atoms with Gasteiger partial charge in [-0.2, -0.15) is 18.2 Å². The van der Waals surface area contributed by atoms with Gasteiger partial charge in [-0.05, 0) is 51.7 Å². The van der Waals surface area contributed by atoms with Gasteiger partial charge in [-0.15, -0.1) is 0 Å². The molecule has 3 fully saturated rings. The minimum atomic E-state index is -4.68. The Balaban J connectivity index is 1.75. The van der Waals surface area contributed by atoms with Crippen molar-refractivity contribution in [3.05, 3.63) is 27.7 Å². The largest absolute Gasteiger partial charge is 0.442 e. The summed E-state index contributed by atoms with van der Waals surface area (Å²) in [4.78, 5) is 33.2. The van der Waals surface area contributed by atoms with E-state index in [1.165, 1.54) is 11.0 Å². The summed E-state index contributed by atoms with van der Waals surface area (Å²) in [5.74, 6) is -0.417. The molecule has 7 nitrogen and oxygen atoms in total. The molecule has 36 heavy (non-hydrogen) atoms. The van der Waals surface area contributed by atoms with Gasteiger partial charge in [-0.1, -0.05) is 22.4 Å². The van der Waals surface area contributed by atoms with Crippen molar-refractivity contribution < 1.29 is 32.2 Å². The number of aliphatic imine (C=N–C) groups is 1. The van der Waals surface area contributed by atoms with Crippen molar-refractivity contribution >= 4 is 39.3 Å². The van der Waals surface area contributed by atoms with Crippen LogP contribution in [0.25, 0.3) is 0 Å². The van der Waals surface area contributed by atoms with E-state index in [9.17, 15) is 22.8 Å². The van der Waals surface area contributed by atoms with Crippen LogP contribution in [0.15, 0.2) is 21.6 Å². The lowest BCUT2D eigenvalue weighted by molar-refractivity contribution is -0.137. The number of ether oxygens (including phenoxy) is 2. The summed E-state index contributed by atoms with van der Waals surface area (Å²) >= 11 is 3.17. The maximum Gasteiger partial charge on any atom is 0.434 e. The summed E-state index contributed by atoms with van der Waals surface area (Å²) < 4.78 is 53.7. The van der Waals surface area contributed by atoms with Crippen LogP contribution in [0, 0.1) is 11.8 Å². The number of hydrogen-bond donors (Lipinski definition) is 0. The highest BCUT2D eigenvalue weighted by atomic mass is 79.9. The van der Waals surface area contributed by atoms with Crippen LogP contribution >= 0.6 is 15.9 Å². The number of alkyl halides is 3. The van der Waals surface area contributed by atoms with Gasteiger partial charge in [0.2, 0.25) is 0 Å². The lowest BCUT2D eigenvalue weighted by Crippen LogP contribution is -2.41. The number of rotatable bonds is 3. The van der Waals surface area contributed by atoms with Gasteiger partial charge in [0.25, 0.3) is 5.91 Å². The van der Waals surface area contributed by atoms with E-state index in [-0.39, 0.29) is 40.6 Å². The van der Waals surface area contributed by atoms with Crippen LogP contribution in [0.5, 0.6) is 0 Å². The first kappa shape index (κ1) is 26.9. The zero-order chi connectivity index (χ0) is 26.3. The highest BCUT2D eigenvalue weighted by molar-refractivity contribution is 9.10. The molecule has 2 saturated heterocycles. The molecule has 4 rings (SSSR count). The van der Waals surface area contributed by atoms with Crippen LogP contribution in [0.2, 0.25) is 0 Å². The number of anilines is 1. The van der Waals surface area contributed by atoms with Crippen molar-refractivity contribution in [1.82, 2.24) is 4.90 Å². The van der Waals surface area contributed by atoms with Gasteiger partial charge < -0.3 is 19.3 Å². The van der Waals surface area contributed by atoms with Gasteiger partial charge in [-0.3, -0.25) is 4.79 Å². The second-order valence-corrected chi connectivity index (χ2v) is 11.4. The number of morpholine rings is 1. The quantitative estimate of drug-likeness (QED) is 0.474. The SMILES string of the molecule is CC(C)(C)OC(=O)/N=C1\CN(c2c(C(=O)N3CCOCC3)cc(Br)cc2C(F)(F)F)CC1C1CCC1. The molecule has 1 aromatic rings. The fraction of sp³-hybridized carbons (Fsp3) is 0.640. The average Bonchev–Trinajstić information content (AvgIpc) is 3.12. The van der Waals surface area contributed by atoms with E-state index >= 15 is 0 Å². The normalized spacial score (nSPS) is 22.6. The lowest BCUT2D eigenvalue weighted by atomic mass is 9.75. The third kappa shape index (κ3) is 6.04. The molecule has 0 aromatic heterocycles. The van der Waals surface area contributed by atoms with Gasteiger partial charge in [-0.25, -0.2) is 4.79 Å². The number of halogens is 4. The van der Waals surface area contributed by atoms with Crippen LogP contribution in [-0.2, 0) is 15.7 Å². The first-order valence-electron chi connectivity index (χ1n) is 12.2. The smallest absolute Gasteiger partial charge is 0.434 e. The van der Waals surface area contributed by atoms with E-state index in [2.05, 4.69) is 20.9 Å². The summed E-state index contributed by atoms with van der Waals surface area (Å²) in [7, 11) is 0. The first-order valence-corrected chi connectivity index (χ1v) is 13.0. The molecule has 3 aliphatic rings. The van der Waals surface area contributed by atoms with Crippen LogP contribution in [0.4, 0.5) is 23.7 Å². The van der Waals surface area contributed by atoms with Crippen LogP contribution < -0.4 is 4.90 Å². The van der Waals surface area contributed by atoms with E-state index in [1.807, 2.05) is 0 Å². The number of hydrogen-bond acceptors (Lipinski definition) is 5. The Morgan fingerprint density at radius 3 is 2.36 bits per heavy atom. The Kier molecular flexibility index (Phi) is 7.71. The van der Waals surface area contributed by atoms with Crippen LogP contribution in [0.1, 0.15) is 56.0 Å². The molecule has 2 aliphatic heterocycles. The highest BCUT2D eigenvalue weighted by Gasteiger charge is 2.44. The van der Waals surface area contributed by atoms with E-state index < -0.39 is 29.3 Å². The molecule has 0 bridgehead atoms. The lowest BCUT2D eigenvalue weighted by Gasteiger charge is -2.33. The molecular formula is C25H31BrF3N3O4. The maximum atomic E-state index is 14.3. The molecule has 11 heteroatoms. The Labute approximate surface area is 217 Å². The molecule has 2 amide bonds. The number of nitrogens with zero attached hydrogens (tertiary/aromatic N) is 3. The molecule has 0 spiro atoms. The predicted molar refractivity (Wildman–Crippen MR) is 133 cm³/mol. The average molecular weight is 574 g/mol. The Morgan fingerprint density at radius 2 is 1.81 bits per heavy atom. The van der Waals surface area contributed by atoms with Crippen molar-refractivity contribution in [3.63, 3.8) is 0 Å². The van der Waals surface area contributed by atoms with Gasteiger partial charge in [0.1, 0.15) is 5.60 Å². The summed E-state index contributed by atoms with van der Waals surface area (Å²) in [6, 6.07) is 2.45. The Bertz CT molecular complexity index is 1040. The van der Waals surface area contributed by atoms with Crippen molar-refractivity contribution in [2.75, 3.05) is 44.3 Å². The minimum Gasteiger partial charge on any atom is -0.442 e. The van der Waals surface area contributed by atoms with Crippen molar-refractivity contribution in [2.45, 2.75) is 51.8 Å². The predicted octanol–water partition coefficient (Wildman–Crippen LogP) is 5.55. The fourth-order valence-electron chi connectivity index (χ4n) is 4.93. The monoisotopic (exact) mass is 573 g/mol. The van der Waals surface area contributed by atoms with Gasteiger partial charge in [0.15, 0.2) is 0 Å². The topological polar surface area (TPSA) is 71.4 Å². The van der Waals surface area contributed by atoms with Gasteiger partial charge in [0.05, 0.1) is 36.6 Å². The third-order valence-corrected chi connectivity index (χ3v) is 7.23. The van der Waals surface area contributed by atoms with E-state index in [0.717, 1.165) is 25.3 Å². The first-order chi connectivity index (χ1) is 16.8. The maximum absolute atomic E-state index is 14.3. The molecule has 1 aliphatic carbocycles. The number of amides is 2. The van der Waals surface area contributed by atoms with Crippen LogP contribution in [-0.4, -0.2) is 67.6 Å². The molecular weight excluding hydrogens is 543 g/mol. The number of carbonyl (C=O) groups excluding carboxylic acids is 2. The van der Waals surface area contributed by atoms with Crippen LogP contribution in [0.3, 0.4) is 0 Å². The molecule has 0 N–H and O–H groups in total. The molecule has 1 aromatic carbocycles. The fourth-order valence-corrected chi connectivity index (χ4v) is 5.39. The Morgan fingerprint density at radius 1 is 1.14 bits per heavy atom.